The number of fused-ring (bicyclic) bond motifs is 1. The van der Waals surface area contributed by atoms with E-state index in [-0.39, 0.29) is 22.6 Å². The summed E-state index contributed by atoms with van der Waals surface area (Å²) in [6.45, 7) is 1.34. The first-order valence-corrected chi connectivity index (χ1v) is 8.81. The summed E-state index contributed by atoms with van der Waals surface area (Å²) in [4.78, 5) is 39.0. The number of carbonyl (C=O) groups excluding carboxylic acids is 2. The summed E-state index contributed by atoms with van der Waals surface area (Å²) in [7, 11) is 1.23. The number of methoxy groups -OCH3 is 1. The van der Waals surface area contributed by atoms with Gasteiger partial charge in [-0.05, 0) is 31.2 Å². The van der Waals surface area contributed by atoms with Gasteiger partial charge in [0, 0.05) is 17.2 Å². The van der Waals surface area contributed by atoms with Crippen LogP contribution in [-0.2, 0) is 16.1 Å². The quantitative estimate of drug-likeness (QED) is 0.378. The minimum absolute atomic E-state index is 0.0329. The van der Waals surface area contributed by atoms with Crippen molar-refractivity contribution in [2.45, 2.75) is 13.5 Å². The molecule has 0 aliphatic carbocycles. The molecule has 0 aliphatic heterocycles. The second-order valence-corrected chi connectivity index (χ2v) is 6.84. The van der Waals surface area contributed by atoms with E-state index >= 15 is 0 Å². The molecular formula is C18H14FN3O5S. The van der Waals surface area contributed by atoms with Crippen LogP contribution in [0.1, 0.15) is 15.9 Å². The van der Waals surface area contributed by atoms with Gasteiger partial charge in [-0.25, -0.2) is 4.39 Å². The van der Waals surface area contributed by atoms with Crippen LogP contribution >= 0.6 is 11.3 Å². The lowest BCUT2D eigenvalue weighted by Gasteiger charge is -2.03. The number of amides is 1. The first kappa shape index (κ1) is 19.4. The molecule has 3 aromatic rings. The number of esters is 1. The van der Waals surface area contributed by atoms with Gasteiger partial charge in [-0.15, -0.1) is 0 Å². The molecule has 0 N–H and O–H groups in total. The van der Waals surface area contributed by atoms with Crippen molar-refractivity contribution in [2.24, 2.45) is 4.99 Å². The summed E-state index contributed by atoms with van der Waals surface area (Å²) >= 11 is 1.02. The summed E-state index contributed by atoms with van der Waals surface area (Å²) in [5.41, 5.74) is 0.769. The van der Waals surface area contributed by atoms with Gasteiger partial charge in [-0.3, -0.25) is 19.7 Å². The van der Waals surface area contributed by atoms with E-state index in [1.54, 1.807) is 6.92 Å². The number of carbonyl (C=O) groups is 2. The number of halogens is 1. The molecule has 144 valence electrons. The molecule has 2 aromatic carbocycles. The van der Waals surface area contributed by atoms with E-state index in [0.717, 1.165) is 17.4 Å². The average Bonchev–Trinajstić information content (AvgIpc) is 2.97. The summed E-state index contributed by atoms with van der Waals surface area (Å²) in [6.07, 6.45) is 0. The van der Waals surface area contributed by atoms with Gasteiger partial charge in [0.05, 0.1) is 22.2 Å². The zero-order valence-electron chi connectivity index (χ0n) is 14.8. The molecule has 0 spiro atoms. The number of ether oxygens (including phenoxy) is 1. The lowest BCUT2D eigenvalue weighted by Crippen LogP contribution is -2.22. The molecule has 10 heteroatoms. The van der Waals surface area contributed by atoms with Crippen LogP contribution in [0.3, 0.4) is 0 Å². The number of hydrogen-bond donors (Lipinski definition) is 0. The minimum Gasteiger partial charge on any atom is -0.468 e. The largest absolute Gasteiger partial charge is 0.468 e. The van der Waals surface area contributed by atoms with E-state index < -0.39 is 22.6 Å². The fourth-order valence-electron chi connectivity index (χ4n) is 2.57. The molecular weight excluding hydrogens is 389 g/mol. The molecule has 0 saturated carbocycles. The molecule has 0 radical (unpaired) electrons. The Hall–Kier alpha value is -3.40. The maximum Gasteiger partial charge on any atom is 0.325 e. The second-order valence-electron chi connectivity index (χ2n) is 5.83. The Morgan fingerprint density at radius 1 is 1.29 bits per heavy atom. The lowest BCUT2D eigenvalue weighted by molar-refractivity contribution is -0.385. The molecule has 0 saturated heterocycles. The van der Waals surface area contributed by atoms with Gasteiger partial charge in [0.2, 0.25) is 0 Å². The van der Waals surface area contributed by atoms with E-state index in [4.69, 9.17) is 0 Å². The molecule has 1 amide bonds. The molecule has 3 rings (SSSR count). The fourth-order valence-corrected chi connectivity index (χ4v) is 3.62. The first-order valence-electron chi connectivity index (χ1n) is 8.00. The van der Waals surface area contributed by atoms with Crippen LogP contribution in [0.5, 0.6) is 0 Å². The standard InChI is InChI=1S/C18H14FN3O5S/c1-10-3-4-11(7-14(10)22(25)26)17(24)20-18-21(9-16(23)27-2)13-6-5-12(19)8-15(13)28-18/h3-8H,9H2,1-2H3. The van der Waals surface area contributed by atoms with Gasteiger partial charge in [0.1, 0.15) is 12.4 Å². The van der Waals surface area contributed by atoms with Crippen molar-refractivity contribution in [3.05, 3.63) is 68.3 Å². The zero-order chi connectivity index (χ0) is 20.4. The number of hydrogen-bond acceptors (Lipinski definition) is 6. The molecule has 0 atom stereocenters. The Balaban J connectivity index is 2.14. The van der Waals surface area contributed by atoms with Crippen LogP contribution in [0, 0.1) is 22.9 Å². The van der Waals surface area contributed by atoms with Crippen molar-refractivity contribution in [2.75, 3.05) is 7.11 Å². The Morgan fingerprint density at radius 3 is 2.71 bits per heavy atom. The highest BCUT2D eigenvalue weighted by Crippen LogP contribution is 2.21. The van der Waals surface area contributed by atoms with Gasteiger partial charge in [0.25, 0.3) is 11.6 Å². The van der Waals surface area contributed by atoms with Gasteiger partial charge >= 0.3 is 5.97 Å². The number of benzene rings is 2. The summed E-state index contributed by atoms with van der Waals surface area (Å²) < 4.78 is 20.1. The molecule has 0 unspecified atom stereocenters. The Kier molecular flexibility index (Phi) is 5.32. The van der Waals surface area contributed by atoms with Crippen molar-refractivity contribution >= 4 is 39.1 Å². The molecule has 1 aromatic heterocycles. The number of rotatable bonds is 4. The monoisotopic (exact) mass is 403 g/mol. The topological polar surface area (TPSA) is 104 Å². The highest BCUT2D eigenvalue weighted by atomic mass is 32.1. The van der Waals surface area contributed by atoms with Gasteiger partial charge < -0.3 is 9.30 Å². The highest BCUT2D eigenvalue weighted by Gasteiger charge is 2.16. The normalized spacial score (nSPS) is 11.6. The van der Waals surface area contributed by atoms with Crippen molar-refractivity contribution in [3.63, 3.8) is 0 Å². The van der Waals surface area contributed by atoms with E-state index in [1.165, 1.54) is 42.0 Å². The van der Waals surface area contributed by atoms with Gasteiger partial charge in [0.15, 0.2) is 4.80 Å². The van der Waals surface area contributed by atoms with E-state index in [0.29, 0.717) is 15.8 Å². The predicted octanol–water partition coefficient (Wildman–Crippen LogP) is 2.97. The van der Waals surface area contributed by atoms with E-state index in [9.17, 15) is 24.1 Å². The molecule has 0 fully saturated rings. The number of aromatic nitrogens is 1. The number of nitrogens with zero attached hydrogens (tertiary/aromatic N) is 3. The fraction of sp³-hybridized carbons (Fsp3) is 0.167. The second kappa shape index (κ2) is 7.69. The number of nitro benzene ring substituents is 1. The zero-order valence-corrected chi connectivity index (χ0v) is 15.7. The number of nitro groups is 1. The SMILES string of the molecule is COC(=O)Cn1c(=NC(=O)c2ccc(C)c([N+](=O)[O-])c2)sc2cc(F)ccc21. The third-order valence-electron chi connectivity index (χ3n) is 4.01. The Labute approximate surface area is 161 Å². The molecule has 28 heavy (non-hydrogen) atoms. The maximum absolute atomic E-state index is 13.5. The van der Waals surface area contributed by atoms with Crippen molar-refractivity contribution < 1.29 is 23.6 Å². The predicted molar refractivity (Wildman–Crippen MR) is 99.5 cm³/mol. The van der Waals surface area contributed by atoms with Crippen molar-refractivity contribution in [1.82, 2.24) is 4.57 Å². The van der Waals surface area contributed by atoms with Crippen LogP contribution in [0.15, 0.2) is 41.4 Å². The van der Waals surface area contributed by atoms with Crippen molar-refractivity contribution in [1.29, 1.82) is 0 Å². The number of thiazole rings is 1. The smallest absolute Gasteiger partial charge is 0.325 e. The van der Waals surface area contributed by atoms with Gasteiger partial charge in [-0.1, -0.05) is 17.4 Å². The van der Waals surface area contributed by atoms with Crippen molar-refractivity contribution in [3.8, 4) is 0 Å². The average molecular weight is 403 g/mol. The summed E-state index contributed by atoms with van der Waals surface area (Å²) in [6, 6.07) is 8.03. The Morgan fingerprint density at radius 2 is 2.04 bits per heavy atom. The Bertz CT molecular complexity index is 1180. The third-order valence-corrected chi connectivity index (χ3v) is 5.05. The molecule has 8 nitrogen and oxygen atoms in total. The van der Waals surface area contributed by atoms with E-state index in [2.05, 4.69) is 9.73 Å². The number of aryl methyl sites for hydroxylation is 1. The van der Waals surface area contributed by atoms with Crippen LogP contribution < -0.4 is 4.80 Å². The van der Waals surface area contributed by atoms with E-state index in [1.807, 2.05) is 0 Å². The highest BCUT2D eigenvalue weighted by molar-refractivity contribution is 7.16. The summed E-state index contributed by atoms with van der Waals surface area (Å²) in [5, 5.41) is 11.1. The maximum atomic E-state index is 13.5. The molecule has 0 bridgehead atoms. The summed E-state index contributed by atoms with van der Waals surface area (Å²) in [5.74, 6) is -1.75. The first-order chi connectivity index (χ1) is 13.3. The van der Waals surface area contributed by atoms with Crippen LogP contribution in [0.25, 0.3) is 10.2 Å². The molecule has 1 heterocycles. The minimum atomic E-state index is -0.714. The van der Waals surface area contributed by atoms with Crippen LogP contribution in [-0.4, -0.2) is 28.5 Å². The lowest BCUT2D eigenvalue weighted by atomic mass is 10.1. The third kappa shape index (κ3) is 3.81. The van der Waals surface area contributed by atoms with Gasteiger partial charge in [-0.2, -0.15) is 4.99 Å². The van der Waals surface area contributed by atoms with Crippen LogP contribution in [0.2, 0.25) is 0 Å². The van der Waals surface area contributed by atoms with Crippen LogP contribution in [0.4, 0.5) is 10.1 Å². The molecule has 0 aliphatic rings.